The van der Waals surface area contributed by atoms with Gasteiger partial charge in [0.25, 0.3) is 0 Å². The van der Waals surface area contributed by atoms with Crippen LogP contribution in [0.15, 0.2) is 28.4 Å². The summed E-state index contributed by atoms with van der Waals surface area (Å²) in [5, 5.41) is 0. The fourth-order valence-corrected chi connectivity index (χ4v) is 5.14. The Bertz CT molecular complexity index is 775. The number of nitrogens with zero attached hydrogens (tertiary/aromatic N) is 2. The average molecular weight is 368 g/mol. The van der Waals surface area contributed by atoms with Crippen LogP contribution in [0.2, 0.25) is 0 Å². The van der Waals surface area contributed by atoms with Gasteiger partial charge in [0.1, 0.15) is 6.29 Å². The van der Waals surface area contributed by atoms with Crippen LogP contribution in [0, 0.1) is 18.3 Å². The molecule has 0 spiro atoms. The van der Waals surface area contributed by atoms with E-state index in [9.17, 15) is 4.79 Å². The lowest BCUT2D eigenvalue weighted by Gasteiger charge is -2.50. The first kappa shape index (κ1) is 19.8. The van der Waals surface area contributed by atoms with Gasteiger partial charge in [-0.3, -0.25) is 9.98 Å². The second-order valence-electron chi connectivity index (χ2n) is 9.01. The Hall–Kier alpha value is -1.97. The number of aromatic nitrogens is 1. The third-order valence-corrected chi connectivity index (χ3v) is 6.84. The molecule has 0 atom stereocenters. The fraction of sp³-hybridized carbons (Fsp3) is 0.609. The quantitative estimate of drug-likeness (QED) is 0.577. The molecule has 146 valence electrons. The number of pyridine rings is 1. The zero-order valence-electron chi connectivity index (χ0n) is 17.4. The molecule has 3 saturated carbocycles. The van der Waals surface area contributed by atoms with Gasteiger partial charge in [-0.2, -0.15) is 0 Å². The highest BCUT2D eigenvalue weighted by Crippen LogP contribution is 2.56. The van der Waals surface area contributed by atoms with E-state index in [1.165, 1.54) is 12.0 Å². The zero-order valence-corrected chi connectivity index (χ0v) is 17.4. The Kier molecular flexibility index (Phi) is 5.29. The highest BCUT2D eigenvalue weighted by Gasteiger charge is 2.50. The number of aryl methyl sites for hydroxylation is 1. The van der Waals surface area contributed by atoms with Crippen LogP contribution in [0.25, 0.3) is 0 Å². The minimum Gasteiger partial charge on any atom is -0.402 e. The van der Waals surface area contributed by atoms with Gasteiger partial charge in [0.15, 0.2) is 0 Å². The van der Waals surface area contributed by atoms with Gasteiger partial charge in [-0.05, 0) is 82.9 Å². The van der Waals surface area contributed by atoms with Gasteiger partial charge < -0.3 is 10.5 Å². The van der Waals surface area contributed by atoms with Crippen molar-refractivity contribution in [3.63, 3.8) is 0 Å². The summed E-state index contributed by atoms with van der Waals surface area (Å²) < 4.78 is 0. The maximum atomic E-state index is 11.5. The number of hydrogen-bond acceptors (Lipinski definition) is 4. The molecule has 1 aromatic heterocycles. The van der Waals surface area contributed by atoms with Crippen molar-refractivity contribution in [2.75, 3.05) is 0 Å². The lowest BCUT2D eigenvalue weighted by Crippen LogP contribution is -2.45. The number of aldehydes is 1. The monoisotopic (exact) mass is 367 g/mol. The highest BCUT2D eigenvalue weighted by atomic mass is 16.1. The van der Waals surface area contributed by atoms with Crippen LogP contribution in [0.4, 0.5) is 5.69 Å². The molecule has 4 rings (SSSR count). The molecule has 3 aliphatic rings. The standard InChI is InChI=1S/C23H33N3O/c1-15(2)21(16(3)24)18(5)25-19-6-7-20(26-17(19)4)23-11-8-22(14-27,9-12-23)10-13-23/h6-7,14-15H,8-13,24H2,1-5H3/b21-16-,25-18?. The van der Waals surface area contributed by atoms with E-state index in [-0.39, 0.29) is 10.8 Å². The average Bonchev–Trinajstić information content (AvgIpc) is 2.64. The second kappa shape index (κ2) is 7.21. The van der Waals surface area contributed by atoms with E-state index < -0.39 is 0 Å². The van der Waals surface area contributed by atoms with Gasteiger partial charge >= 0.3 is 0 Å². The molecule has 0 radical (unpaired) electrons. The Balaban J connectivity index is 1.88. The number of fused-ring (bicyclic) bond motifs is 3. The third kappa shape index (κ3) is 3.59. The van der Waals surface area contributed by atoms with Gasteiger partial charge in [-0.1, -0.05) is 13.8 Å². The number of allylic oxidation sites excluding steroid dienone is 2. The zero-order chi connectivity index (χ0) is 19.8. The predicted molar refractivity (Wildman–Crippen MR) is 111 cm³/mol. The number of rotatable bonds is 5. The third-order valence-electron chi connectivity index (χ3n) is 6.84. The molecule has 0 aromatic carbocycles. The van der Waals surface area contributed by atoms with Crippen LogP contribution in [0.1, 0.15) is 77.6 Å². The van der Waals surface area contributed by atoms with Gasteiger partial charge in [0.2, 0.25) is 0 Å². The molecule has 27 heavy (non-hydrogen) atoms. The smallest absolute Gasteiger partial charge is 0.126 e. The van der Waals surface area contributed by atoms with Gasteiger partial charge in [-0.25, -0.2) is 0 Å². The molecule has 2 bridgehead atoms. The molecule has 0 aliphatic heterocycles. The normalized spacial score (nSPS) is 29.0. The summed E-state index contributed by atoms with van der Waals surface area (Å²) in [6.07, 6.45) is 7.47. The largest absolute Gasteiger partial charge is 0.402 e. The van der Waals surface area contributed by atoms with Crippen molar-refractivity contribution in [3.8, 4) is 0 Å². The molecular weight excluding hydrogens is 334 g/mol. The Morgan fingerprint density at radius 1 is 1.15 bits per heavy atom. The van der Waals surface area contributed by atoms with E-state index in [1.54, 1.807) is 0 Å². The SMILES string of the molecule is CC(=Nc1ccc(C23CCC(C=O)(CC2)CC3)nc1C)/C(=C(/C)N)C(C)C. The van der Waals surface area contributed by atoms with Crippen LogP contribution in [0.3, 0.4) is 0 Å². The van der Waals surface area contributed by atoms with E-state index >= 15 is 0 Å². The van der Waals surface area contributed by atoms with Gasteiger partial charge in [0.05, 0.1) is 11.4 Å². The van der Waals surface area contributed by atoms with Crippen molar-refractivity contribution in [3.05, 3.63) is 34.8 Å². The Morgan fingerprint density at radius 3 is 2.19 bits per heavy atom. The summed E-state index contributed by atoms with van der Waals surface area (Å²) in [6.45, 7) is 10.3. The molecule has 4 nitrogen and oxygen atoms in total. The first-order chi connectivity index (χ1) is 12.7. The number of carbonyl (C=O) groups is 1. The van der Waals surface area contributed by atoms with Gasteiger partial charge in [-0.15, -0.1) is 0 Å². The lowest BCUT2D eigenvalue weighted by molar-refractivity contribution is -0.122. The van der Waals surface area contributed by atoms with E-state index in [0.29, 0.717) is 5.92 Å². The van der Waals surface area contributed by atoms with Crippen LogP contribution in [-0.2, 0) is 10.2 Å². The second-order valence-corrected chi connectivity index (χ2v) is 9.01. The molecule has 0 unspecified atom stereocenters. The predicted octanol–water partition coefficient (Wildman–Crippen LogP) is 5.16. The maximum absolute atomic E-state index is 11.5. The molecule has 1 aromatic rings. The number of aliphatic imine (C=N–C) groups is 1. The van der Waals surface area contributed by atoms with Crippen LogP contribution in [-0.4, -0.2) is 17.0 Å². The summed E-state index contributed by atoms with van der Waals surface area (Å²) in [6, 6.07) is 4.27. The molecule has 4 heteroatoms. The van der Waals surface area contributed by atoms with Crippen molar-refractivity contribution in [2.24, 2.45) is 22.1 Å². The molecule has 3 fully saturated rings. The van der Waals surface area contributed by atoms with Crippen molar-refractivity contribution >= 4 is 17.7 Å². The van der Waals surface area contributed by atoms with E-state index in [1.807, 2.05) is 20.8 Å². The molecule has 2 N–H and O–H groups in total. The molecular formula is C23H33N3O. The number of hydrogen-bond donors (Lipinski definition) is 1. The first-order valence-electron chi connectivity index (χ1n) is 10.2. The van der Waals surface area contributed by atoms with Crippen LogP contribution in [0.5, 0.6) is 0 Å². The molecule has 3 aliphatic carbocycles. The Morgan fingerprint density at radius 2 is 1.74 bits per heavy atom. The van der Waals surface area contributed by atoms with Crippen molar-refractivity contribution in [1.29, 1.82) is 0 Å². The highest BCUT2D eigenvalue weighted by molar-refractivity contribution is 6.00. The van der Waals surface area contributed by atoms with E-state index in [0.717, 1.165) is 66.9 Å². The minimum absolute atomic E-state index is 0.0438. The van der Waals surface area contributed by atoms with Crippen molar-refractivity contribution in [1.82, 2.24) is 4.98 Å². The molecule has 0 amide bonds. The van der Waals surface area contributed by atoms with Gasteiger partial charge in [0, 0.05) is 27.9 Å². The number of carbonyl (C=O) groups excluding carboxylic acids is 1. The van der Waals surface area contributed by atoms with E-state index in [4.69, 9.17) is 15.7 Å². The number of nitrogens with two attached hydrogens (primary N) is 1. The molecule has 0 saturated heterocycles. The van der Waals surface area contributed by atoms with Crippen molar-refractivity contribution < 1.29 is 4.79 Å². The summed E-state index contributed by atoms with van der Waals surface area (Å²) in [7, 11) is 0. The van der Waals surface area contributed by atoms with Crippen molar-refractivity contribution in [2.45, 2.75) is 78.6 Å². The van der Waals surface area contributed by atoms with Crippen LogP contribution >= 0.6 is 0 Å². The summed E-state index contributed by atoms with van der Waals surface area (Å²) in [5.74, 6) is 0.341. The van der Waals surface area contributed by atoms with Crippen LogP contribution < -0.4 is 5.73 Å². The maximum Gasteiger partial charge on any atom is 0.126 e. The molecule has 1 heterocycles. The summed E-state index contributed by atoms with van der Waals surface area (Å²) >= 11 is 0. The Labute approximate surface area is 163 Å². The lowest BCUT2D eigenvalue weighted by atomic mass is 9.53. The summed E-state index contributed by atoms with van der Waals surface area (Å²) in [5.41, 5.74) is 12.2. The summed E-state index contributed by atoms with van der Waals surface area (Å²) in [4.78, 5) is 21.3. The van der Waals surface area contributed by atoms with E-state index in [2.05, 4.69) is 26.0 Å². The minimum atomic E-state index is -0.0438. The fourth-order valence-electron chi connectivity index (χ4n) is 5.14. The topological polar surface area (TPSA) is 68.3 Å². The first-order valence-corrected chi connectivity index (χ1v) is 10.2.